The van der Waals surface area contributed by atoms with Crippen molar-refractivity contribution < 1.29 is 4.42 Å². The Morgan fingerprint density at radius 2 is 2.12 bits per heavy atom. The molecule has 0 amide bonds. The number of nitrogens with zero attached hydrogens (tertiary/aromatic N) is 1. The monoisotopic (exact) mass is 216 g/mol. The third-order valence-electron chi connectivity index (χ3n) is 2.56. The van der Waals surface area contributed by atoms with E-state index >= 15 is 0 Å². The lowest BCUT2D eigenvalue weighted by Crippen LogP contribution is -2.02. The summed E-state index contributed by atoms with van der Waals surface area (Å²) in [6, 6.07) is 6.28. The molecule has 0 aliphatic carbocycles. The minimum absolute atomic E-state index is 0.562. The van der Waals surface area contributed by atoms with Gasteiger partial charge in [0.25, 0.3) is 0 Å². The van der Waals surface area contributed by atoms with Crippen LogP contribution in [-0.4, -0.2) is 11.5 Å². The number of benzene rings is 1. The summed E-state index contributed by atoms with van der Waals surface area (Å²) >= 11 is 0. The van der Waals surface area contributed by atoms with Crippen LogP contribution in [0.15, 0.2) is 28.8 Å². The Kier molecular flexibility index (Phi) is 3.06. The van der Waals surface area contributed by atoms with Crippen LogP contribution in [0, 0.1) is 13.8 Å². The molecule has 2 aromatic rings. The lowest BCUT2D eigenvalue weighted by Gasteiger charge is -2.02. The summed E-state index contributed by atoms with van der Waals surface area (Å²) < 4.78 is 5.64. The molecule has 0 aliphatic heterocycles. The van der Waals surface area contributed by atoms with Gasteiger partial charge in [0.1, 0.15) is 0 Å². The van der Waals surface area contributed by atoms with Gasteiger partial charge in [-0.3, -0.25) is 0 Å². The van der Waals surface area contributed by atoms with Gasteiger partial charge in [0, 0.05) is 18.5 Å². The van der Waals surface area contributed by atoms with E-state index in [1.165, 1.54) is 11.1 Å². The Bertz CT molecular complexity index is 488. The molecule has 2 rings (SSSR count). The number of nitrogens with two attached hydrogens (primary N) is 1. The molecule has 2 N–H and O–H groups in total. The maximum absolute atomic E-state index is 5.64. The Hall–Kier alpha value is -1.61. The first-order valence-corrected chi connectivity index (χ1v) is 5.43. The van der Waals surface area contributed by atoms with Gasteiger partial charge in [-0.2, -0.15) is 0 Å². The molecule has 0 radical (unpaired) electrons. The first kappa shape index (κ1) is 10.9. The van der Waals surface area contributed by atoms with Crippen molar-refractivity contribution in [2.24, 2.45) is 5.73 Å². The average Bonchev–Trinajstić information content (AvgIpc) is 2.67. The van der Waals surface area contributed by atoms with E-state index in [9.17, 15) is 0 Å². The van der Waals surface area contributed by atoms with E-state index in [0.29, 0.717) is 18.9 Å². The number of hydrogen-bond donors (Lipinski definition) is 1. The average molecular weight is 216 g/mol. The van der Waals surface area contributed by atoms with Crippen LogP contribution in [0.4, 0.5) is 0 Å². The highest BCUT2D eigenvalue weighted by molar-refractivity contribution is 5.61. The predicted molar refractivity (Wildman–Crippen MR) is 64.2 cm³/mol. The standard InChI is InChI=1S/C13H16N2O/c1-9-3-4-11(10(2)7-9)12-8-15-13(16-12)5-6-14/h3-4,7-8H,5-6,14H2,1-2H3. The summed E-state index contributed by atoms with van der Waals surface area (Å²) in [5.41, 5.74) is 9.01. The molecule has 0 unspecified atom stereocenters. The van der Waals surface area contributed by atoms with Crippen LogP contribution >= 0.6 is 0 Å². The molecule has 84 valence electrons. The van der Waals surface area contributed by atoms with Gasteiger partial charge in [0.15, 0.2) is 11.7 Å². The van der Waals surface area contributed by atoms with Gasteiger partial charge in [0.2, 0.25) is 0 Å². The summed E-state index contributed by atoms with van der Waals surface area (Å²) in [5, 5.41) is 0. The van der Waals surface area contributed by atoms with Crippen molar-refractivity contribution in [3.05, 3.63) is 41.4 Å². The number of rotatable bonds is 3. The molecule has 0 aliphatic rings. The molecule has 1 aromatic heterocycles. The highest BCUT2D eigenvalue weighted by Gasteiger charge is 2.08. The molecule has 0 atom stereocenters. The fourth-order valence-corrected chi connectivity index (χ4v) is 1.76. The number of aromatic nitrogens is 1. The van der Waals surface area contributed by atoms with Crippen LogP contribution in [0.5, 0.6) is 0 Å². The highest BCUT2D eigenvalue weighted by Crippen LogP contribution is 2.24. The van der Waals surface area contributed by atoms with Crippen LogP contribution in [0.1, 0.15) is 17.0 Å². The quantitative estimate of drug-likeness (QED) is 0.857. The van der Waals surface area contributed by atoms with Gasteiger partial charge in [-0.25, -0.2) is 4.98 Å². The minimum Gasteiger partial charge on any atom is -0.441 e. The van der Waals surface area contributed by atoms with Crippen molar-refractivity contribution in [2.75, 3.05) is 6.54 Å². The minimum atomic E-state index is 0.562. The summed E-state index contributed by atoms with van der Waals surface area (Å²) in [5.74, 6) is 1.53. The van der Waals surface area contributed by atoms with E-state index in [2.05, 4.69) is 37.0 Å². The molecule has 0 bridgehead atoms. The number of hydrogen-bond acceptors (Lipinski definition) is 3. The Morgan fingerprint density at radius 1 is 1.31 bits per heavy atom. The van der Waals surface area contributed by atoms with Crippen LogP contribution in [0.3, 0.4) is 0 Å². The van der Waals surface area contributed by atoms with Gasteiger partial charge in [0.05, 0.1) is 6.20 Å². The van der Waals surface area contributed by atoms with Gasteiger partial charge in [-0.1, -0.05) is 23.8 Å². The Balaban J connectivity index is 2.35. The van der Waals surface area contributed by atoms with Crippen molar-refractivity contribution in [3.8, 4) is 11.3 Å². The summed E-state index contributed by atoms with van der Waals surface area (Å²) in [4.78, 5) is 4.20. The molecule has 1 heterocycles. The largest absolute Gasteiger partial charge is 0.441 e. The molecule has 0 saturated heterocycles. The van der Waals surface area contributed by atoms with E-state index in [-0.39, 0.29) is 0 Å². The Morgan fingerprint density at radius 3 is 2.81 bits per heavy atom. The summed E-state index contributed by atoms with van der Waals surface area (Å²) in [6.07, 6.45) is 2.45. The van der Waals surface area contributed by atoms with E-state index in [0.717, 1.165) is 11.3 Å². The van der Waals surface area contributed by atoms with E-state index in [1.807, 2.05) is 0 Å². The number of aryl methyl sites for hydroxylation is 2. The second kappa shape index (κ2) is 4.49. The maximum atomic E-state index is 5.64. The smallest absolute Gasteiger partial charge is 0.196 e. The van der Waals surface area contributed by atoms with Crippen molar-refractivity contribution in [3.63, 3.8) is 0 Å². The van der Waals surface area contributed by atoms with Crippen molar-refractivity contribution >= 4 is 0 Å². The van der Waals surface area contributed by atoms with Crippen molar-refractivity contribution in [1.29, 1.82) is 0 Å². The second-order valence-electron chi connectivity index (χ2n) is 3.98. The highest BCUT2D eigenvalue weighted by atomic mass is 16.4. The third-order valence-corrected chi connectivity index (χ3v) is 2.56. The van der Waals surface area contributed by atoms with E-state index in [4.69, 9.17) is 10.2 Å². The lowest BCUT2D eigenvalue weighted by atomic mass is 10.0. The fourth-order valence-electron chi connectivity index (χ4n) is 1.76. The van der Waals surface area contributed by atoms with Crippen LogP contribution in [0.2, 0.25) is 0 Å². The zero-order valence-electron chi connectivity index (χ0n) is 9.66. The second-order valence-corrected chi connectivity index (χ2v) is 3.98. The number of oxazole rings is 1. The topological polar surface area (TPSA) is 52.0 Å². The van der Waals surface area contributed by atoms with Gasteiger partial charge in [-0.15, -0.1) is 0 Å². The summed E-state index contributed by atoms with van der Waals surface area (Å²) in [6.45, 7) is 4.72. The SMILES string of the molecule is Cc1ccc(-c2cnc(CCN)o2)c(C)c1. The van der Waals surface area contributed by atoms with Crippen molar-refractivity contribution in [1.82, 2.24) is 4.98 Å². The zero-order valence-corrected chi connectivity index (χ0v) is 9.66. The van der Waals surface area contributed by atoms with Gasteiger partial charge >= 0.3 is 0 Å². The molecule has 0 fully saturated rings. The van der Waals surface area contributed by atoms with E-state index in [1.54, 1.807) is 6.20 Å². The predicted octanol–water partition coefficient (Wildman–Crippen LogP) is 2.46. The molecule has 0 spiro atoms. The molecular weight excluding hydrogens is 200 g/mol. The molecule has 0 saturated carbocycles. The van der Waals surface area contributed by atoms with Crippen molar-refractivity contribution in [2.45, 2.75) is 20.3 Å². The first-order chi connectivity index (χ1) is 7.70. The molecule has 16 heavy (non-hydrogen) atoms. The van der Waals surface area contributed by atoms with E-state index < -0.39 is 0 Å². The fraction of sp³-hybridized carbons (Fsp3) is 0.308. The molecule has 3 heteroatoms. The summed E-state index contributed by atoms with van der Waals surface area (Å²) in [7, 11) is 0. The van der Waals surface area contributed by atoms with Crippen LogP contribution < -0.4 is 5.73 Å². The Labute approximate surface area is 95.3 Å². The van der Waals surface area contributed by atoms with Crippen LogP contribution in [0.25, 0.3) is 11.3 Å². The molecular formula is C13H16N2O. The molecule has 1 aromatic carbocycles. The lowest BCUT2D eigenvalue weighted by molar-refractivity contribution is 0.508. The normalized spacial score (nSPS) is 10.7. The van der Waals surface area contributed by atoms with Gasteiger partial charge in [-0.05, 0) is 19.4 Å². The van der Waals surface area contributed by atoms with Gasteiger partial charge < -0.3 is 10.2 Å². The van der Waals surface area contributed by atoms with Crippen LogP contribution in [-0.2, 0) is 6.42 Å². The first-order valence-electron chi connectivity index (χ1n) is 5.43. The zero-order chi connectivity index (χ0) is 11.5. The third kappa shape index (κ3) is 2.14. The maximum Gasteiger partial charge on any atom is 0.196 e. The molecule has 3 nitrogen and oxygen atoms in total.